The van der Waals surface area contributed by atoms with Crippen LogP contribution in [0, 0.1) is 0 Å². The first-order valence-corrected chi connectivity index (χ1v) is 7.31. The van der Waals surface area contributed by atoms with Gasteiger partial charge in [-0.25, -0.2) is 9.59 Å². The second-order valence-electron chi connectivity index (χ2n) is 4.86. The SMILES string of the molecule is COc1cc(-c2cc(OC)c(N=C=O)c(OC)c2)cc(OC)c1N=C=O. The van der Waals surface area contributed by atoms with E-state index in [9.17, 15) is 9.59 Å². The van der Waals surface area contributed by atoms with Gasteiger partial charge >= 0.3 is 0 Å². The number of hydrogen-bond donors (Lipinski definition) is 0. The van der Waals surface area contributed by atoms with Crippen molar-refractivity contribution in [3.05, 3.63) is 24.3 Å². The van der Waals surface area contributed by atoms with Crippen LogP contribution in [0.5, 0.6) is 23.0 Å². The second kappa shape index (κ2) is 8.48. The summed E-state index contributed by atoms with van der Waals surface area (Å²) in [5.41, 5.74) is 1.83. The Morgan fingerprint density at radius 3 is 1.08 bits per heavy atom. The summed E-state index contributed by atoms with van der Waals surface area (Å²) in [7, 11) is 5.80. The molecule has 2 aromatic carbocycles. The molecule has 0 saturated heterocycles. The second-order valence-corrected chi connectivity index (χ2v) is 4.86. The van der Waals surface area contributed by atoms with Gasteiger partial charge < -0.3 is 18.9 Å². The van der Waals surface area contributed by atoms with Crippen LogP contribution in [0.2, 0.25) is 0 Å². The van der Waals surface area contributed by atoms with E-state index in [1.54, 1.807) is 24.3 Å². The summed E-state index contributed by atoms with van der Waals surface area (Å²) >= 11 is 0. The minimum atomic E-state index is 0.231. The number of rotatable bonds is 7. The fourth-order valence-corrected chi connectivity index (χ4v) is 2.43. The lowest BCUT2D eigenvalue weighted by atomic mass is 10.0. The van der Waals surface area contributed by atoms with Crippen LogP contribution in [0.1, 0.15) is 0 Å². The van der Waals surface area contributed by atoms with Crippen molar-refractivity contribution < 1.29 is 28.5 Å². The van der Waals surface area contributed by atoms with Crippen molar-refractivity contribution in [3.63, 3.8) is 0 Å². The number of carbonyl (C=O) groups excluding carboxylic acids is 2. The molecule has 0 radical (unpaired) electrons. The lowest BCUT2D eigenvalue weighted by Crippen LogP contribution is -1.93. The van der Waals surface area contributed by atoms with Crippen LogP contribution in [0.4, 0.5) is 11.4 Å². The van der Waals surface area contributed by atoms with Crippen molar-refractivity contribution in [2.45, 2.75) is 0 Å². The third-order valence-corrected chi connectivity index (χ3v) is 3.61. The van der Waals surface area contributed by atoms with Crippen molar-refractivity contribution >= 4 is 23.5 Å². The summed E-state index contributed by atoms with van der Waals surface area (Å²) in [4.78, 5) is 28.6. The van der Waals surface area contributed by atoms with E-state index in [0.29, 0.717) is 34.1 Å². The standard InChI is InChI=1S/C18H16N2O6/c1-23-13-5-11(6-14(24-2)17(13)19-9-21)12-7-15(25-3)18(20-10-22)16(8-12)26-4/h5-8H,1-4H3. The number of aliphatic imine (C=N–C) groups is 2. The van der Waals surface area contributed by atoms with Crippen molar-refractivity contribution in [2.24, 2.45) is 9.98 Å². The van der Waals surface area contributed by atoms with Crippen LogP contribution in [-0.4, -0.2) is 40.6 Å². The van der Waals surface area contributed by atoms with Crippen LogP contribution in [-0.2, 0) is 9.59 Å². The quantitative estimate of drug-likeness (QED) is 0.558. The fourth-order valence-electron chi connectivity index (χ4n) is 2.43. The maximum atomic E-state index is 10.7. The zero-order valence-corrected chi connectivity index (χ0v) is 14.7. The monoisotopic (exact) mass is 356 g/mol. The molecule has 0 N–H and O–H groups in total. The van der Waals surface area contributed by atoms with Gasteiger partial charge in [0.15, 0.2) is 11.4 Å². The topological polar surface area (TPSA) is 95.8 Å². The predicted octanol–water partition coefficient (Wildman–Crippen LogP) is 3.32. The summed E-state index contributed by atoms with van der Waals surface area (Å²) in [5.74, 6) is 1.32. The molecule has 0 aromatic heterocycles. The minimum Gasteiger partial charge on any atom is -0.494 e. The Morgan fingerprint density at radius 2 is 0.885 bits per heavy atom. The molecular formula is C18H16N2O6. The number of benzene rings is 2. The Bertz CT molecular complexity index is 786. The van der Waals surface area contributed by atoms with E-state index in [0.717, 1.165) is 0 Å². The van der Waals surface area contributed by atoms with E-state index >= 15 is 0 Å². The molecule has 0 aliphatic heterocycles. The van der Waals surface area contributed by atoms with Crippen LogP contribution >= 0.6 is 0 Å². The molecule has 2 aromatic rings. The van der Waals surface area contributed by atoms with E-state index in [4.69, 9.17) is 18.9 Å². The molecule has 0 aliphatic rings. The number of isocyanates is 2. The summed E-state index contributed by atoms with van der Waals surface area (Å²) in [6.45, 7) is 0. The molecule has 0 bridgehead atoms. The van der Waals surface area contributed by atoms with Crippen molar-refractivity contribution in [1.82, 2.24) is 0 Å². The van der Waals surface area contributed by atoms with Crippen LogP contribution < -0.4 is 18.9 Å². The largest absolute Gasteiger partial charge is 0.494 e. The predicted molar refractivity (Wildman–Crippen MR) is 93.6 cm³/mol. The van der Waals surface area contributed by atoms with Crippen molar-refractivity contribution in [1.29, 1.82) is 0 Å². The number of nitrogens with zero attached hydrogens (tertiary/aromatic N) is 2. The van der Waals surface area contributed by atoms with Crippen molar-refractivity contribution in [3.8, 4) is 34.1 Å². The first-order valence-electron chi connectivity index (χ1n) is 7.31. The number of hydrogen-bond acceptors (Lipinski definition) is 8. The summed E-state index contributed by atoms with van der Waals surface area (Å²) in [6, 6.07) is 6.70. The van der Waals surface area contributed by atoms with Gasteiger partial charge in [0.2, 0.25) is 12.2 Å². The van der Waals surface area contributed by atoms with Gasteiger partial charge in [-0.15, -0.1) is 0 Å². The lowest BCUT2D eigenvalue weighted by Gasteiger charge is -2.14. The average Bonchev–Trinajstić information content (AvgIpc) is 2.68. The Kier molecular flexibility index (Phi) is 6.11. The van der Waals surface area contributed by atoms with Gasteiger partial charge in [-0.05, 0) is 35.4 Å². The Morgan fingerprint density at radius 1 is 0.615 bits per heavy atom. The van der Waals surface area contributed by atoms with Gasteiger partial charge in [0.1, 0.15) is 23.0 Å². The maximum Gasteiger partial charge on any atom is 0.240 e. The van der Waals surface area contributed by atoms with Gasteiger partial charge in [-0.3, -0.25) is 0 Å². The maximum absolute atomic E-state index is 10.7. The smallest absolute Gasteiger partial charge is 0.240 e. The van der Waals surface area contributed by atoms with Gasteiger partial charge in [0.25, 0.3) is 0 Å². The molecule has 134 valence electrons. The van der Waals surface area contributed by atoms with Crippen LogP contribution in [0.15, 0.2) is 34.3 Å². The Hall–Kier alpha value is -3.60. The van der Waals surface area contributed by atoms with E-state index < -0.39 is 0 Å². The molecule has 8 heteroatoms. The highest BCUT2D eigenvalue weighted by atomic mass is 16.5. The summed E-state index contributed by atoms with van der Waals surface area (Å²) < 4.78 is 21.2. The van der Waals surface area contributed by atoms with Crippen molar-refractivity contribution in [2.75, 3.05) is 28.4 Å². The normalized spacial score (nSPS) is 9.54. The molecular weight excluding hydrogens is 340 g/mol. The molecule has 0 aliphatic carbocycles. The Labute approximate surface area is 149 Å². The zero-order valence-electron chi connectivity index (χ0n) is 14.7. The molecule has 0 spiro atoms. The molecule has 0 saturated carbocycles. The van der Waals surface area contributed by atoms with Gasteiger partial charge in [-0.2, -0.15) is 9.98 Å². The van der Waals surface area contributed by atoms with E-state index in [1.165, 1.54) is 40.6 Å². The molecule has 0 unspecified atom stereocenters. The van der Waals surface area contributed by atoms with E-state index in [2.05, 4.69) is 9.98 Å². The van der Waals surface area contributed by atoms with E-state index in [1.807, 2.05) is 0 Å². The molecule has 0 fully saturated rings. The Balaban J connectivity index is 2.75. The first-order chi connectivity index (χ1) is 12.6. The van der Waals surface area contributed by atoms with Gasteiger partial charge in [0.05, 0.1) is 28.4 Å². The van der Waals surface area contributed by atoms with Gasteiger partial charge in [-0.1, -0.05) is 0 Å². The molecule has 8 nitrogen and oxygen atoms in total. The zero-order chi connectivity index (χ0) is 19.1. The highest BCUT2D eigenvalue weighted by Gasteiger charge is 2.17. The number of methoxy groups -OCH3 is 4. The molecule has 26 heavy (non-hydrogen) atoms. The number of ether oxygens (including phenoxy) is 4. The highest BCUT2D eigenvalue weighted by molar-refractivity contribution is 5.80. The molecule has 0 atom stereocenters. The van der Waals surface area contributed by atoms with Gasteiger partial charge in [0, 0.05) is 0 Å². The van der Waals surface area contributed by atoms with E-state index in [-0.39, 0.29) is 11.4 Å². The minimum absolute atomic E-state index is 0.231. The fraction of sp³-hybridized carbons (Fsp3) is 0.222. The third-order valence-electron chi connectivity index (χ3n) is 3.61. The lowest BCUT2D eigenvalue weighted by molar-refractivity contribution is 0.396. The summed E-state index contributed by atoms with van der Waals surface area (Å²) in [6.07, 6.45) is 2.95. The first kappa shape index (κ1) is 18.7. The summed E-state index contributed by atoms with van der Waals surface area (Å²) in [5, 5.41) is 0. The van der Waals surface area contributed by atoms with Crippen LogP contribution in [0.3, 0.4) is 0 Å². The average molecular weight is 356 g/mol. The molecule has 0 amide bonds. The third kappa shape index (κ3) is 3.57. The molecule has 0 heterocycles. The highest BCUT2D eigenvalue weighted by Crippen LogP contribution is 2.45. The molecule has 2 rings (SSSR count). The van der Waals surface area contributed by atoms with Crippen LogP contribution in [0.25, 0.3) is 11.1 Å².